The van der Waals surface area contributed by atoms with E-state index >= 15 is 0 Å². The SMILES string of the molecule is C=CCN(CC=C)C(=O)c1ccc(-n2cncn2)cc1. The zero-order chi connectivity index (χ0) is 14.4. The Hall–Kier alpha value is -2.69. The number of hydrogen-bond donors (Lipinski definition) is 0. The summed E-state index contributed by atoms with van der Waals surface area (Å²) < 4.78 is 1.64. The standard InChI is InChI=1S/C15H16N4O/c1-3-9-18(10-4-2)15(20)13-5-7-14(8-6-13)19-12-16-11-17-19/h3-8,11-12H,1-2,9-10H2. The lowest BCUT2D eigenvalue weighted by Gasteiger charge is -2.19. The summed E-state index contributed by atoms with van der Waals surface area (Å²) in [4.78, 5) is 17.9. The van der Waals surface area contributed by atoms with E-state index in [1.54, 1.807) is 40.2 Å². The van der Waals surface area contributed by atoms with Crippen molar-refractivity contribution in [3.63, 3.8) is 0 Å². The monoisotopic (exact) mass is 268 g/mol. The number of amides is 1. The fourth-order valence-electron chi connectivity index (χ4n) is 1.83. The molecule has 20 heavy (non-hydrogen) atoms. The van der Waals surface area contributed by atoms with Gasteiger partial charge in [-0.3, -0.25) is 4.79 Å². The van der Waals surface area contributed by atoms with Crippen molar-refractivity contribution in [2.24, 2.45) is 0 Å². The maximum absolute atomic E-state index is 12.3. The zero-order valence-corrected chi connectivity index (χ0v) is 11.1. The molecular weight excluding hydrogens is 252 g/mol. The van der Waals surface area contributed by atoms with Gasteiger partial charge in [-0.15, -0.1) is 13.2 Å². The molecule has 0 aliphatic heterocycles. The van der Waals surface area contributed by atoms with Crippen LogP contribution >= 0.6 is 0 Å². The third kappa shape index (κ3) is 3.00. The lowest BCUT2D eigenvalue weighted by Crippen LogP contribution is -2.31. The summed E-state index contributed by atoms with van der Waals surface area (Å²) in [6.07, 6.45) is 6.48. The molecule has 0 saturated carbocycles. The Morgan fingerprint density at radius 1 is 1.20 bits per heavy atom. The molecule has 5 nitrogen and oxygen atoms in total. The Morgan fingerprint density at radius 3 is 2.35 bits per heavy atom. The van der Waals surface area contributed by atoms with Gasteiger partial charge in [-0.05, 0) is 24.3 Å². The van der Waals surface area contributed by atoms with E-state index in [1.807, 2.05) is 12.1 Å². The van der Waals surface area contributed by atoms with Crippen molar-refractivity contribution in [1.29, 1.82) is 0 Å². The molecule has 2 aromatic rings. The minimum atomic E-state index is -0.0464. The van der Waals surface area contributed by atoms with Crippen molar-refractivity contribution in [3.8, 4) is 5.69 Å². The molecule has 0 atom stereocenters. The smallest absolute Gasteiger partial charge is 0.254 e. The van der Waals surface area contributed by atoms with Crippen LogP contribution in [0.5, 0.6) is 0 Å². The third-order valence-electron chi connectivity index (χ3n) is 2.78. The van der Waals surface area contributed by atoms with Gasteiger partial charge in [-0.25, -0.2) is 9.67 Å². The fourth-order valence-corrected chi connectivity index (χ4v) is 1.83. The molecule has 0 bridgehead atoms. The van der Waals surface area contributed by atoms with E-state index in [2.05, 4.69) is 23.2 Å². The van der Waals surface area contributed by atoms with Gasteiger partial charge in [0.2, 0.25) is 0 Å². The Balaban J connectivity index is 2.18. The van der Waals surface area contributed by atoms with Crippen LogP contribution in [0.15, 0.2) is 62.2 Å². The number of aromatic nitrogens is 3. The molecule has 1 heterocycles. The summed E-state index contributed by atoms with van der Waals surface area (Å²) in [5.41, 5.74) is 1.48. The second-order valence-electron chi connectivity index (χ2n) is 4.17. The summed E-state index contributed by atoms with van der Waals surface area (Å²) in [6.45, 7) is 8.31. The molecule has 0 spiro atoms. The molecule has 0 N–H and O–H groups in total. The van der Waals surface area contributed by atoms with Gasteiger partial charge in [0.15, 0.2) is 0 Å². The molecule has 1 amide bonds. The molecule has 0 radical (unpaired) electrons. The number of nitrogens with zero attached hydrogens (tertiary/aromatic N) is 4. The highest BCUT2D eigenvalue weighted by atomic mass is 16.2. The molecule has 1 aromatic carbocycles. The Morgan fingerprint density at radius 2 is 1.85 bits per heavy atom. The van der Waals surface area contributed by atoms with Crippen molar-refractivity contribution in [2.45, 2.75) is 0 Å². The molecule has 102 valence electrons. The summed E-state index contributed by atoms with van der Waals surface area (Å²) in [6, 6.07) is 7.22. The minimum absolute atomic E-state index is 0.0464. The molecule has 5 heteroatoms. The molecule has 0 aliphatic rings. The highest BCUT2D eigenvalue weighted by Crippen LogP contribution is 2.10. The van der Waals surface area contributed by atoms with Gasteiger partial charge in [0.25, 0.3) is 5.91 Å². The highest BCUT2D eigenvalue weighted by Gasteiger charge is 2.13. The lowest BCUT2D eigenvalue weighted by atomic mass is 10.1. The van der Waals surface area contributed by atoms with E-state index in [9.17, 15) is 4.79 Å². The van der Waals surface area contributed by atoms with E-state index in [1.165, 1.54) is 6.33 Å². The van der Waals surface area contributed by atoms with E-state index in [0.29, 0.717) is 18.7 Å². The normalized spacial score (nSPS) is 10.0. The number of rotatable bonds is 6. The highest BCUT2D eigenvalue weighted by molar-refractivity contribution is 5.94. The van der Waals surface area contributed by atoms with E-state index in [-0.39, 0.29) is 5.91 Å². The molecular formula is C15H16N4O. The van der Waals surface area contributed by atoms with Gasteiger partial charge >= 0.3 is 0 Å². The average molecular weight is 268 g/mol. The van der Waals surface area contributed by atoms with Gasteiger partial charge in [-0.1, -0.05) is 12.2 Å². The minimum Gasteiger partial charge on any atom is -0.331 e. The fraction of sp³-hybridized carbons (Fsp3) is 0.133. The average Bonchev–Trinajstić information content (AvgIpc) is 3.01. The predicted octanol–water partition coefficient (Wildman–Crippen LogP) is 2.08. The number of carbonyl (C=O) groups is 1. The molecule has 1 aromatic heterocycles. The van der Waals surface area contributed by atoms with Crippen molar-refractivity contribution in [3.05, 3.63) is 67.8 Å². The van der Waals surface area contributed by atoms with Crippen molar-refractivity contribution < 1.29 is 4.79 Å². The molecule has 0 fully saturated rings. The van der Waals surface area contributed by atoms with E-state index in [0.717, 1.165) is 5.69 Å². The number of hydrogen-bond acceptors (Lipinski definition) is 3. The van der Waals surface area contributed by atoms with Gasteiger partial charge in [0.1, 0.15) is 12.7 Å². The van der Waals surface area contributed by atoms with Gasteiger partial charge in [-0.2, -0.15) is 5.10 Å². The summed E-state index contributed by atoms with van der Waals surface area (Å²) in [7, 11) is 0. The number of carbonyl (C=O) groups excluding carboxylic acids is 1. The molecule has 0 aliphatic carbocycles. The first-order valence-corrected chi connectivity index (χ1v) is 6.22. The van der Waals surface area contributed by atoms with Crippen LogP contribution in [0.4, 0.5) is 0 Å². The second-order valence-corrected chi connectivity index (χ2v) is 4.17. The maximum atomic E-state index is 12.3. The van der Waals surface area contributed by atoms with Crippen molar-refractivity contribution in [1.82, 2.24) is 19.7 Å². The first-order valence-electron chi connectivity index (χ1n) is 6.22. The van der Waals surface area contributed by atoms with Crippen LogP contribution in [0.25, 0.3) is 5.69 Å². The molecule has 0 saturated heterocycles. The van der Waals surface area contributed by atoms with Crippen LogP contribution in [0.2, 0.25) is 0 Å². The van der Waals surface area contributed by atoms with Crippen LogP contribution in [0, 0.1) is 0 Å². The number of benzene rings is 1. The maximum Gasteiger partial charge on any atom is 0.254 e. The summed E-state index contributed by atoms with van der Waals surface area (Å²) >= 11 is 0. The van der Waals surface area contributed by atoms with Crippen LogP contribution in [0.3, 0.4) is 0 Å². The third-order valence-corrected chi connectivity index (χ3v) is 2.78. The quantitative estimate of drug-likeness (QED) is 0.754. The lowest BCUT2D eigenvalue weighted by molar-refractivity contribution is 0.0791. The largest absolute Gasteiger partial charge is 0.331 e. The zero-order valence-electron chi connectivity index (χ0n) is 11.1. The second kappa shape index (κ2) is 6.47. The predicted molar refractivity (Wildman–Crippen MR) is 77.7 cm³/mol. The van der Waals surface area contributed by atoms with Crippen molar-refractivity contribution >= 4 is 5.91 Å². The van der Waals surface area contributed by atoms with E-state index in [4.69, 9.17) is 0 Å². The van der Waals surface area contributed by atoms with Gasteiger partial charge in [0, 0.05) is 18.7 Å². The van der Waals surface area contributed by atoms with E-state index < -0.39 is 0 Å². The first kappa shape index (κ1) is 13.7. The molecule has 0 unspecified atom stereocenters. The van der Waals surface area contributed by atoms with Gasteiger partial charge < -0.3 is 4.90 Å². The molecule has 2 rings (SSSR count). The summed E-state index contributed by atoms with van der Waals surface area (Å²) in [5.74, 6) is -0.0464. The van der Waals surface area contributed by atoms with Crippen LogP contribution in [0.1, 0.15) is 10.4 Å². The topological polar surface area (TPSA) is 51.0 Å². The first-order chi connectivity index (χ1) is 9.76. The van der Waals surface area contributed by atoms with Crippen LogP contribution in [-0.4, -0.2) is 38.7 Å². The Labute approximate surface area is 117 Å². The van der Waals surface area contributed by atoms with Gasteiger partial charge in [0.05, 0.1) is 5.69 Å². The Kier molecular flexibility index (Phi) is 4.44. The van der Waals surface area contributed by atoms with Crippen molar-refractivity contribution in [2.75, 3.05) is 13.1 Å². The van der Waals surface area contributed by atoms with Crippen LogP contribution < -0.4 is 0 Å². The van der Waals surface area contributed by atoms with Crippen LogP contribution in [-0.2, 0) is 0 Å². The Bertz CT molecular complexity index is 577. The summed E-state index contributed by atoms with van der Waals surface area (Å²) in [5, 5.41) is 4.04.